The predicted octanol–water partition coefficient (Wildman–Crippen LogP) is 2.13. The van der Waals surface area contributed by atoms with Crippen LogP contribution in [0.1, 0.15) is 12.0 Å². The second-order valence-electron chi connectivity index (χ2n) is 4.28. The Morgan fingerprint density at radius 1 is 1.33 bits per heavy atom. The van der Waals surface area contributed by atoms with Gasteiger partial charge >= 0.3 is 5.97 Å². The first kappa shape index (κ1) is 15.2. The molecule has 0 aliphatic rings. The van der Waals surface area contributed by atoms with Crippen molar-refractivity contribution in [3.8, 4) is 0 Å². The zero-order valence-electron chi connectivity index (χ0n) is 9.97. The number of carboxylic acid groups (broad SMARTS) is 1. The largest absolute Gasteiger partial charge is 0.481 e. The summed E-state index contributed by atoms with van der Waals surface area (Å²) in [5.41, 5.74) is 0.888. The molecular formula is C12H15BrO4S. The second kappa shape index (κ2) is 6.33. The number of hydrogen-bond donors (Lipinski definition) is 1. The molecule has 1 atom stereocenters. The SMILES string of the molecule is CS(=O)(=O)CCC(Cc1ccc(Br)cc1)C(=O)O. The molecule has 0 heterocycles. The Labute approximate surface area is 115 Å². The van der Waals surface area contributed by atoms with Gasteiger partial charge in [0.25, 0.3) is 0 Å². The number of benzene rings is 1. The maximum absolute atomic E-state index is 11.1. The molecule has 18 heavy (non-hydrogen) atoms. The number of carboxylic acids is 1. The number of sulfone groups is 1. The smallest absolute Gasteiger partial charge is 0.306 e. The van der Waals surface area contributed by atoms with Gasteiger partial charge in [0.1, 0.15) is 9.84 Å². The Balaban J connectivity index is 2.69. The minimum atomic E-state index is -3.12. The van der Waals surface area contributed by atoms with Crippen LogP contribution in [0.5, 0.6) is 0 Å². The molecule has 0 fully saturated rings. The van der Waals surface area contributed by atoms with Gasteiger partial charge in [0.2, 0.25) is 0 Å². The van der Waals surface area contributed by atoms with Gasteiger partial charge in [0.05, 0.1) is 11.7 Å². The first-order valence-electron chi connectivity index (χ1n) is 5.43. The van der Waals surface area contributed by atoms with Gasteiger partial charge < -0.3 is 5.11 Å². The summed E-state index contributed by atoms with van der Waals surface area (Å²) in [6, 6.07) is 7.34. The second-order valence-corrected chi connectivity index (χ2v) is 7.46. The lowest BCUT2D eigenvalue weighted by atomic mass is 9.97. The van der Waals surface area contributed by atoms with Crippen LogP contribution in [0.3, 0.4) is 0 Å². The Morgan fingerprint density at radius 2 is 1.89 bits per heavy atom. The molecule has 0 spiro atoms. The summed E-state index contributed by atoms with van der Waals surface area (Å²) >= 11 is 3.30. The lowest BCUT2D eigenvalue weighted by molar-refractivity contribution is -0.141. The highest BCUT2D eigenvalue weighted by molar-refractivity contribution is 9.10. The van der Waals surface area contributed by atoms with E-state index >= 15 is 0 Å². The standard InChI is InChI=1S/C12H15BrO4S/c1-18(16,17)7-6-10(12(14)15)8-9-2-4-11(13)5-3-9/h2-5,10H,6-8H2,1H3,(H,14,15). The highest BCUT2D eigenvalue weighted by Gasteiger charge is 2.19. The molecule has 0 aromatic heterocycles. The minimum absolute atomic E-state index is 0.0967. The van der Waals surface area contributed by atoms with Gasteiger partial charge in [0, 0.05) is 10.7 Å². The number of aliphatic carboxylic acids is 1. The molecule has 100 valence electrons. The zero-order valence-corrected chi connectivity index (χ0v) is 12.4. The average Bonchev–Trinajstić information content (AvgIpc) is 2.25. The quantitative estimate of drug-likeness (QED) is 0.864. The number of rotatable bonds is 6. The minimum Gasteiger partial charge on any atom is -0.481 e. The molecule has 1 aromatic rings. The van der Waals surface area contributed by atoms with Crippen LogP contribution in [0, 0.1) is 5.92 Å². The topological polar surface area (TPSA) is 71.4 Å². The van der Waals surface area contributed by atoms with Gasteiger partial charge in [-0.1, -0.05) is 28.1 Å². The van der Waals surface area contributed by atoms with E-state index in [9.17, 15) is 13.2 Å². The molecule has 0 saturated carbocycles. The van der Waals surface area contributed by atoms with Crippen LogP contribution in [-0.2, 0) is 21.1 Å². The summed E-state index contributed by atoms with van der Waals surface area (Å²) in [4.78, 5) is 11.1. The molecule has 1 rings (SSSR count). The van der Waals surface area contributed by atoms with Crippen LogP contribution >= 0.6 is 15.9 Å². The third-order valence-electron chi connectivity index (χ3n) is 2.58. The van der Waals surface area contributed by atoms with Crippen LogP contribution in [0.15, 0.2) is 28.7 Å². The van der Waals surface area contributed by atoms with E-state index in [2.05, 4.69) is 15.9 Å². The van der Waals surface area contributed by atoms with Crippen LogP contribution in [0.4, 0.5) is 0 Å². The summed E-state index contributed by atoms with van der Waals surface area (Å²) in [7, 11) is -3.12. The molecule has 0 aliphatic heterocycles. The average molecular weight is 335 g/mol. The van der Waals surface area contributed by atoms with E-state index in [0.717, 1.165) is 16.3 Å². The van der Waals surface area contributed by atoms with Gasteiger partial charge in [-0.2, -0.15) is 0 Å². The van der Waals surface area contributed by atoms with Crippen molar-refractivity contribution in [1.29, 1.82) is 0 Å². The molecule has 0 amide bonds. The maximum Gasteiger partial charge on any atom is 0.306 e. The Kier molecular flexibility index (Phi) is 5.34. The number of hydrogen-bond acceptors (Lipinski definition) is 3. The fourth-order valence-corrected chi connectivity index (χ4v) is 2.55. The van der Waals surface area contributed by atoms with E-state index in [1.807, 2.05) is 24.3 Å². The highest BCUT2D eigenvalue weighted by atomic mass is 79.9. The van der Waals surface area contributed by atoms with Crippen LogP contribution in [0.2, 0.25) is 0 Å². The summed E-state index contributed by atoms with van der Waals surface area (Å²) in [5.74, 6) is -1.72. The normalized spacial score (nSPS) is 13.2. The lowest BCUT2D eigenvalue weighted by Gasteiger charge is -2.11. The van der Waals surface area contributed by atoms with E-state index in [1.54, 1.807) is 0 Å². The van der Waals surface area contributed by atoms with Crippen LogP contribution < -0.4 is 0 Å². The monoisotopic (exact) mass is 334 g/mol. The summed E-state index contributed by atoms with van der Waals surface area (Å²) in [5, 5.41) is 9.08. The number of carbonyl (C=O) groups is 1. The van der Waals surface area contributed by atoms with E-state index in [4.69, 9.17) is 5.11 Å². The summed E-state index contributed by atoms with van der Waals surface area (Å²) < 4.78 is 23.0. The maximum atomic E-state index is 11.1. The summed E-state index contributed by atoms with van der Waals surface area (Å²) in [6.07, 6.45) is 1.61. The van der Waals surface area contributed by atoms with E-state index in [-0.39, 0.29) is 12.2 Å². The molecule has 0 aliphatic carbocycles. The van der Waals surface area contributed by atoms with E-state index < -0.39 is 21.7 Å². The molecule has 1 N–H and O–H groups in total. The molecule has 6 heteroatoms. The van der Waals surface area contributed by atoms with Crippen molar-refractivity contribution in [2.24, 2.45) is 5.92 Å². The van der Waals surface area contributed by atoms with Gasteiger partial charge in [-0.05, 0) is 30.5 Å². The first-order chi connectivity index (χ1) is 8.28. The van der Waals surface area contributed by atoms with Crippen molar-refractivity contribution in [1.82, 2.24) is 0 Å². The van der Waals surface area contributed by atoms with Crippen molar-refractivity contribution in [2.75, 3.05) is 12.0 Å². The van der Waals surface area contributed by atoms with Crippen molar-refractivity contribution in [2.45, 2.75) is 12.8 Å². The first-order valence-corrected chi connectivity index (χ1v) is 8.28. The summed E-state index contributed by atoms with van der Waals surface area (Å²) in [6.45, 7) is 0. The van der Waals surface area contributed by atoms with Crippen molar-refractivity contribution in [3.63, 3.8) is 0 Å². The van der Waals surface area contributed by atoms with Crippen molar-refractivity contribution in [3.05, 3.63) is 34.3 Å². The fraction of sp³-hybridized carbons (Fsp3) is 0.417. The fourth-order valence-electron chi connectivity index (χ4n) is 1.57. The van der Waals surface area contributed by atoms with E-state index in [1.165, 1.54) is 0 Å². The van der Waals surface area contributed by atoms with Crippen molar-refractivity contribution >= 4 is 31.7 Å². The third kappa shape index (κ3) is 5.64. The molecule has 0 bridgehead atoms. The Bertz CT molecular complexity index is 507. The Hall–Kier alpha value is -0.880. The van der Waals surface area contributed by atoms with Crippen LogP contribution in [-0.4, -0.2) is 31.5 Å². The Morgan fingerprint density at radius 3 is 2.33 bits per heavy atom. The molecule has 1 unspecified atom stereocenters. The van der Waals surface area contributed by atoms with Gasteiger partial charge in [0.15, 0.2) is 0 Å². The van der Waals surface area contributed by atoms with Crippen LogP contribution in [0.25, 0.3) is 0 Å². The number of halogens is 1. The molecule has 4 nitrogen and oxygen atoms in total. The van der Waals surface area contributed by atoms with Gasteiger partial charge in [-0.3, -0.25) is 4.79 Å². The zero-order chi connectivity index (χ0) is 13.8. The van der Waals surface area contributed by atoms with Gasteiger partial charge in [-0.15, -0.1) is 0 Å². The molecule has 0 saturated heterocycles. The lowest BCUT2D eigenvalue weighted by Crippen LogP contribution is -2.20. The predicted molar refractivity (Wildman–Crippen MR) is 73.3 cm³/mol. The van der Waals surface area contributed by atoms with Crippen molar-refractivity contribution < 1.29 is 18.3 Å². The van der Waals surface area contributed by atoms with E-state index in [0.29, 0.717) is 6.42 Å². The molecular weight excluding hydrogens is 320 g/mol. The van der Waals surface area contributed by atoms with Gasteiger partial charge in [-0.25, -0.2) is 8.42 Å². The molecule has 1 aromatic carbocycles. The highest BCUT2D eigenvalue weighted by Crippen LogP contribution is 2.16. The molecule has 0 radical (unpaired) electrons. The third-order valence-corrected chi connectivity index (χ3v) is 4.09.